The summed E-state index contributed by atoms with van der Waals surface area (Å²) in [5.74, 6) is 0. The summed E-state index contributed by atoms with van der Waals surface area (Å²) in [5.41, 5.74) is 5.35. The van der Waals surface area contributed by atoms with E-state index < -0.39 is 5.54 Å². The lowest BCUT2D eigenvalue weighted by atomic mass is 9.91. The molecule has 1 aliphatic carbocycles. The number of aliphatic hydroxyl groups excluding tert-OH is 2. The molecular formula is C19H49N5O3. The summed E-state index contributed by atoms with van der Waals surface area (Å²) in [6.07, 6.45) is 5.86. The van der Waals surface area contributed by atoms with Gasteiger partial charge in [0.25, 0.3) is 0 Å². The molecule has 0 heterocycles. The molecule has 0 aromatic rings. The van der Waals surface area contributed by atoms with Crippen LogP contribution in [0.25, 0.3) is 0 Å². The van der Waals surface area contributed by atoms with Crippen LogP contribution in [0.3, 0.4) is 0 Å². The van der Waals surface area contributed by atoms with Crippen LogP contribution in [-0.2, 0) is 4.74 Å². The molecule has 1 aliphatic rings. The second kappa shape index (κ2) is 23.7. The highest BCUT2D eigenvalue weighted by molar-refractivity contribution is 4.83. The molecule has 8 heteroatoms. The molecule has 0 aromatic heterocycles. The third-order valence-corrected chi connectivity index (χ3v) is 4.56. The molecule has 27 heavy (non-hydrogen) atoms. The van der Waals surface area contributed by atoms with E-state index in [1.165, 1.54) is 25.7 Å². The fourth-order valence-electron chi connectivity index (χ4n) is 2.33. The molecule has 1 rings (SSSR count). The lowest BCUT2D eigenvalue weighted by Crippen LogP contribution is -2.49. The van der Waals surface area contributed by atoms with E-state index in [1.807, 2.05) is 35.1 Å². The molecule has 1 fully saturated rings. The number of methoxy groups -OCH3 is 1. The zero-order chi connectivity index (χ0) is 21.6. The number of aliphatic hydroxyl groups is 2. The normalized spacial score (nSPS) is 18.9. The standard InChI is InChI=1S/C7H16N2.C6H15NO2.C4H11NO.C2H7N/c1-9-7-5-3-2-4-6(7)8;1-3-6(4-8,5-9)7-2;1-5-3-4-6-2;1-3-2/h6-7,9H,2-5,8H2,1H3;7-9H,3-5H2,1-2H3;5H,3-4H2,1-2H3;3H,1-2H3. The first-order valence-corrected chi connectivity index (χ1v) is 9.97. The van der Waals surface area contributed by atoms with Gasteiger partial charge in [0.05, 0.1) is 25.4 Å². The van der Waals surface area contributed by atoms with Crippen molar-refractivity contribution in [1.29, 1.82) is 0 Å². The van der Waals surface area contributed by atoms with Gasteiger partial charge in [-0.15, -0.1) is 0 Å². The van der Waals surface area contributed by atoms with Crippen LogP contribution in [0, 0.1) is 0 Å². The lowest BCUT2D eigenvalue weighted by molar-refractivity contribution is 0.0942. The van der Waals surface area contributed by atoms with Crippen LogP contribution in [0.2, 0.25) is 0 Å². The maximum atomic E-state index is 8.75. The molecule has 8 nitrogen and oxygen atoms in total. The van der Waals surface area contributed by atoms with Crippen molar-refractivity contribution in [2.24, 2.45) is 5.73 Å². The minimum absolute atomic E-state index is 0.0174. The highest BCUT2D eigenvalue weighted by atomic mass is 16.5. The van der Waals surface area contributed by atoms with Gasteiger partial charge in [0.15, 0.2) is 0 Å². The van der Waals surface area contributed by atoms with Crippen molar-refractivity contribution in [2.45, 2.75) is 56.7 Å². The summed E-state index contributed by atoms with van der Waals surface area (Å²) >= 11 is 0. The van der Waals surface area contributed by atoms with E-state index in [4.69, 9.17) is 20.7 Å². The molecule has 0 aromatic carbocycles. The van der Waals surface area contributed by atoms with Crippen molar-refractivity contribution in [3.8, 4) is 0 Å². The first-order valence-electron chi connectivity index (χ1n) is 9.97. The quantitative estimate of drug-likeness (QED) is 0.275. The zero-order valence-corrected chi connectivity index (χ0v) is 18.9. The van der Waals surface area contributed by atoms with Crippen molar-refractivity contribution >= 4 is 0 Å². The van der Waals surface area contributed by atoms with Crippen LogP contribution in [0.1, 0.15) is 39.0 Å². The minimum atomic E-state index is -0.472. The smallest absolute Gasteiger partial charge is 0.0643 e. The summed E-state index contributed by atoms with van der Waals surface area (Å²) in [4.78, 5) is 0. The van der Waals surface area contributed by atoms with Gasteiger partial charge in [0.2, 0.25) is 0 Å². The third kappa shape index (κ3) is 18.8. The van der Waals surface area contributed by atoms with Crippen molar-refractivity contribution in [1.82, 2.24) is 21.3 Å². The van der Waals surface area contributed by atoms with Gasteiger partial charge in [0, 0.05) is 25.7 Å². The average molecular weight is 396 g/mol. The maximum absolute atomic E-state index is 8.75. The van der Waals surface area contributed by atoms with E-state index in [0.717, 1.165) is 19.6 Å². The van der Waals surface area contributed by atoms with E-state index in [2.05, 4.69) is 21.3 Å². The number of nitrogens with two attached hydrogens (primary N) is 1. The monoisotopic (exact) mass is 395 g/mol. The second-order valence-electron chi connectivity index (χ2n) is 6.64. The number of ether oxygens (including phenoxy) is 1. The van der Waals surface area contributed by atoms with Gasteiger partial charge in [-0.1, -0.05) is 19.8 Å². The SMILES string of the molecule is CCC(CO)(CO)NC.CNC.CNC1CCCCC1N.CNCCOC. The summed E-state index contributed by atoms with van der Waals surface area (Å²) in [7, 11) is 11.1. The third-order valence-electron chi connectivity index (χ3n) is 4.56. The average Bonchev–Trinajstić information content (AvgIpc) is 2.70. The van der Waals surface area contributed by atoms with Crippen LogP contribution in [0.15, 0.2) is 0 Å². The number of hydrogen-bond donors (Lipinski definition) is 7. The number of hydrogen-bond acceptors (Lipinski definition) is 8. The van der Waals surface area contributed by atoms with Gasteiger partial charge in [-0.05, 0) is 54.5 Å². The van der Waals surface area contributed by atoms with Crippen LogP contribution >= 0.6 is 0 Å². The summed E-state index contributed by atoms with van der Waals surface area (Å²) < 4.78 is 4.72. The Labute approximate surface area is 168 Å². The molecular weight excluding hydrogens is 346 g/mol. The van der Waals surface area contributed by atoms with Crippen molar-refractivity contribution in [3.63, 3.8) is 0 Å². The number of likely N-dealkylation sites (N-methyl/N-ethyl adjacent to an activating group) is 3. The minimum Gasteiger partial charge on any atom is -0.394 e. The van der Waals surface area contributed by atoms with E-state index in [0.29, 0.717) is 12.1 Å². The maximum Gasteiger partial charge on any atom is 0.0643 e. The molecule has 168 valence electrons. The van der Waals surface area contributed by atoms with Gasteiger partial charge in [-0.25, -0.2) is 0 Å². The Morgan fingerprint density at radius 2 is 1.56 bits per heavy atom. The number of nitrogens with one attached hydrogen (secondary N) is 4. The van der Waals surface area contributed by atoms with Crippen LogP contribution in [0.5, 0.6) is 0 Å². The van der Waals surface area contributed by atoms with Crippen molar-refractivity contribution < 1.29 is 14.9 Å². The van der Waals surface area contributed by atoms with Crippen molar-refractivity contribution in [3.05, 3.63) is 0 Å². The Morgan fingerprint density at radius 3 is 1.74 bits per heavy atom. The first-order chi connectivity index (χ1) is 12.9. The molecule has 1 saturated carbocycles. The molecule has 2 unspecified atom stereocenters. The highest BCUT2D eigenvalue weighted by Gasteiger charge is 2.23. The van der Waals surface area contributed by atoms with E-state index in [-0.39, 0.29) is 13.2 Å². The van der Waals surface area contributed by atoms with Crippen LogP contribution in [-0.4, -0.2) is 96.5 Å². The molecule has 0 radical (unpaired) electrons. The van der Waals surface area contributed by atoms with Gasteiger partial charge in [0.1, 0.15) is 0 Å². The molecule has 8 N–H and O–H groups in total. The molecule has 2 atom stereocenters. The van der Waals surface area contributed by atoms with E-state index >= 15 is 0 Å². The molecule has 0 aliphatic heterocycles. The predicted octanol–water partition coefficient (Wildman–Crippen LogP) is -0.497. The van der Waals surface area contributed by atoms with Crippen LogP contribution < -0.4 is 27.0 Å². The fraction of sp³-hybridized carbons (Fsp3) is 1.00. The van der Waals surface area contributed by atoms with E-state index in [9.17, 15) is 0 Å². The summed E-state index contributed by atoms with van der Waals surface area (Å²) in [5, 5.41) is 29.3. The Hall–Kier alpha value is -0.320. The fourth-order valence-corrected chi connectivity index (χ4v) is 2.33. The highest BCUT2D eigenvalue weighted by Crippen LogP contribution is 2.15. The lowest BCUT2D eigenvalue weighted by Gasteiger charge is -2.27. The molecule has 0 amide bonds. The largest absolute Gasteiger partial charge is 0.394 e. The predicted molar refractivity (Wildman–Crippen MR) is 116 cm³/mol. The first kappa shape index (κ1) is 31.4. The Bertz CT molecular complexity index is 248. The van der Waals surface area contributed by atoms with Crippen molar-refractivity contribution in [2.75, 3.05) is 68.7 Å². The van der Waals surface area contributed by atoms with Crippen LogP contribution in [0.4, 0.5) is 0 Å². The van der Waals surface area contributed by atoms with E-state index in [1.54, 1.807) is 14.2 Å². The Balaban J connectivity index is -0.000000304. The van der Waals surface area contributed by atoms with Gasteiger partial charge in [-0.3, -0.25) is 0 Å². The number of rotatable bonds is 8. The van der Waals surface area contributed by atoms with Gasteiger partial charge in [-0.2, -0.15) is 0 Å². The molecule has 0 spiro atoms. The molecule has 0 bridgehead atoms. The van der Waals surface area contributed by atoms with Gasteiger partial charge < -0.3 is 42.0 Å². The summed E-state index contributed by atoms with van der Waals surface area (Å²) in [6.45, 7) is 3.63. The zero-order valence-electron chi connectivity index (χ0n) is 18.9. The van der Waals surface area contributed by atoms with Gasteiger partial charge >= 0.3 is 0 Å². The topological polar surface area (TPSA) is 124 Å². The molecule has 0 saturated heterocycles. The second-order valence-corrected chi connectivity index (χ2v) is 6.64. The Kier molecular flexibility index (Phi) is 27.6. The summed E-state index contributed by atoms with van der Waals surface area (Å²) in [6, 6.07) is 0.988. The Morgan fingerprint density at radius 1 is 1.04 bits per heavy atom.